The van der Waals surface area contributed by atoms with Crippen molar-refractivity contribution in [1.82, 2.24) is 4.72 Å². The Labute approximate surface area is 118 Å². The first-order chi connectivity index (χ1) is 9.29. The van der Waals surface area contributed by atoms with E-state index in [1.807, 2.05) is 0 Å². The highest BCUT2D eigenvalue weighted by Crippen LogP contribution is 2.39. The molecule has 1 N–H and O–H groups in total. The van der Waals surface area contributed by atoms with Crippen LogP contribution < -0.4 is 4.72 Å². The molecule has 1 aliphatic rings. The number of sulfone groups is 1. The average Bonchev–Trinajstić information content (AvgIpc) is 2.29. The first-order valence-corrected chi connectivity index (χ1v) is 9.23. The van der Waals surface area contributed by atoms with Crippen molar-refractivity contribution in [2.24, 2.45) is 5.92 Å². The second-order valence-corrected chi connectivity index (χ2v) is 8.91. The Balaban J connectivity index is 2.53. The molecule has 1 heterocycles. The molecule has 0 atom stereocenters. The van der Waals surface area contributed by atoms with Crippen molar-refractivity contribution in [2.75, 3.05) is 18.1 Å². The van der Waals surface area contributed by atoms with Crippen molar-refractivity contribution in [2.45, 2.75) is 30.7 Å². The average molecular weight is 359 g/mol. The molecule has 12 heteroatoms. The van der Waals surface area contributed by atoms with Gasteiger partial charge in [-0.05, 0) is 25.2 Å². The predicted octanol–water partition coefficient (Wildman–Crippen LogP) is 1.28. The molecule has 0 spiro atoms. The van der Waals surface area contributed by atoms with E-state index in [0.717, 1.165) is 0 Å². The first kappa shape index (κ1) is 18.6. The minimum atomic E-state index is -6.20. The molecule has 0 unspecified atom stereocenters. The van der Waals surface area contributed by atoms with Gasteiger partial charge in [-0.25, -0.2) is 21.6 Å². The SMILES string of the molecule is O=S1(=O)CCC(CCNS(=O)(=O)C(F)(F)C(F)(F)F)CC1. The zero-order chi connectivity index (χ0) is 16.5. The Kier molecular flexibility index (Phi) is 5.26. The Morgan fingerprint density at radius 1 is 1.05 bits per heavy atom. The monoisotopic (exact) mass is 359 g/mol. The van der Waals surface area contributed by atoms with Gasteiger partial charge < -0.3 is 0 Å². The van der Waals surface area contributed by atoms with Gasteiger partial charge in [-0.3, -0.25) is 0 Å². The van der Waals surface area contributed by atoms with E-state index >= 15 is 0 Å². The van der Waals surface area contributed by atoms with Crippen LogP contribution in [0.5, 0.6) is 0 Å². The minimum absolute atomic E-state index is 0.00267. The third-order valence-corrected chi connectivity index (χ3v) is 6.39. The molecule has 0 aromatic carbocycles. The van der Waals surface area contributed by atoms with Crippen molar-refractivity contribution < 1.29 is 38.8 Å². The van der Waals surface area contributed by atoms with E-state index in [4.69, 9.17) is 0 Å². The van der Waals surface area contributed by atoms with Gasteiger partial charge in [0.2, 0.25) is 0 Å². The zero-order valence-corrected chi connectivity index (χ0v) is 12.3. The molecule has 0 saturated carbocycles. The van der Waals surface area contributed by atoms with Crippen LogP contribution in [-0.2, 0) is 19.9 Å². The lowest BCUT2D eigenvalue weighted by Gasteiger charge is -2.23. The van der Waals surface area contributed by atoms with Crippen LogP contribution in [0.2, 0.25) is 0 Å². The second kappa shape index (κ2) is 5.95. The lowest BCUT2D eigenvalue weighted by Crippen LogP contribution is -2.50. The van der Waals surface area contributed by atoms with Crippen LogP contribution in [0.1, 0.15) is 19.3 Å². The second-order valence-electron chi connectivity index (χ2n) is 4.80. The number of hydrogen-bond acceptors (Lipinski definition) is 4. The van der Waals surface area contributed by atoms with E-state index in [1.165, 1.54) is 4.72 Å². The summed E-state index contributed by atoms with van der Waals surface area (Å²) in [5, 5.41) is -5.87. The quantitative estimate of drug-likeness (QED) is 0.750. The summed E-state index contributed by atoms with van der Waals surface area (Å²) in [4.78, 5) is 0. The summed E-state index contributed by atoms with van der Waals surface area (Å²) >= 11 is 0. The van der Waals surface area contributed by atoms with Crippen LogP contribution >= 0.6 is 0 Å². The zero-order valence-electron chi connectivity index (χ0n) is 10.7. The summed E-state index contributed by atoms with van der Waals surface area (Å²) < 4.78 is 107. The summed E-state index contributed by atoms with van der Waals surface area (Å²) in [5.41, 5.74) is 0. The van der Waals surface area contributed by atoms with E-state index in [-0.39, 0.29) is 36.7 Å². The predicted molar refractivity (Wildman–Crippen MR) is 63.9 cm³/mol. The molecule has 5 nitrogen and oxygen atoms in total. The van der Waals surface area contributed by atoms with Gasteiger partial charge in [0, 0.05) is 6.54 Å². The van der Waals surface area contributed by atoms with Crippen LogP contribution in [0.3, 0.4) is 0 Å². The fourth-order valence-corrected chi connectivity index (χ4v) is 4.33. The highest BCUT2D eigenvalue weighted by Gasteiger charge is 2.67. The Morgan fingerprint density at radius 2 is 1.52 bits per heavy atom. The molecule has 0 aromatic heterocycles. The molecular formula is C9H14F5NO4S2. The van der Waals surface area contributed by atoms with Gasteiger partial charge in [-0.15, -0.1) is 0 Å². The molecule has 1 rings (SSSR count). The van der Waals surface area contributed by atoms with Crippen LogP contribution in [0.4, 0.5) is 22.0 Å². The summed E-state index contributed by atoms with van der Waals surface area (Å²) in [6, 6.07) is 0. The molecule has 1 fully saturated rings. The first-order valence-electron chi connectivity index (χ1n) is 5.93. The number of nitrogens with one attached hydrogen (secondary N) is 1. The van der Waals surface area contributed by atoms with Crippen LogP contribution in [-0.4, -0.2) is 46.3 Å². The molecule has 0 aliphatic carbocycles. The fourth-order valence-electron chi connectivity index (χ4n) is 1.87. The van der Waals surface area contributed by atoms with Gasteiger partial charge in [0.05, 0.1) is 11.5 Å². The van der Waals surface area contributed by atoms with Crippen LogP contribution in [0.25, 0.3) is 0 Å². The lowest BCUT2D eigenvalue weighted by atomic mass is 9.99. The van der Waals surface area contributed by atoms with Crippen molar-refractivity contribution in [3.8, 4) is 0 Å². The third-order valence-electron chi connectivity index (χ3n) is 3.19. The van der Waals surface area contributed by atoms with Gasteiger partial charge in [0.15, 0.2) is 0 Å². The van der Waals surface area contributed by atoms with Crippen molar-refractivity contribution in [3.63, 3.8) is 0 Å². The summed E-state index contributed by atoms with van der Waals surface area (Å²) in [6.45, 7) is -0.598. The number of hydrogen-bond donors (Lipinski definition) is 1. The Morgan fingerprint density at radius 3 is 1.95 bits per heavy atom. The minimum Gasteiger partial charge on any atom is -0.229 e. The Bertz CT molecular complexity index is 555. The van der Waals surface area contributed by atoms with Crippen molar-refractivity contribution in [1.29, 1.82) is 0 Å². The van der Waals surface area contributed by atoms with E-state index < -0.39 is 37.8 Å². The van der Waals surface area contributed by atoms with Crippen LogP contribution in [0.15, 0.2) is 0 Å². The maximum Gasteiger partial charge on any atom is 0.470 e. The van der Waals surface area contributed by atoms with E-state index in [1.54, 1.807) is 0 Å². The number of halogens is 5. The number of sulfonamides is 1. The largest absolute Gasteiger partial charge is 0.470 e. The molecule has 126 valence electrons. The van der Waals surface area contributed by atoms with Gasteiger partial charge in [-0.1, -0.05) is 0 Å². The maximum absolute atomic E-state index is 12.7. The number of rotatable bonds is 5. The molecule has 21 heavy (non-hydrogen) atoms. The topological polar surface area (TPSA) is 80.3 Å². The Hall–Kier alpha value is -0.490. The molecular weight excluding hydrogens is 345 g/mol. The molecule has 1 aliphatic heterocycles. The summed E-state index contributed by atoms with van der Waals surface area (Å²) in [5.74, 6) is -0.414. The van der Waals surface area contributed by atoms with E-state index in [9.17, 15) is 38.8 Å². The summed E-state index contributed by atoms with van der Waals surface area (Å²) in [6.07, 6.45) is -5.72. The van der Waals surface area contributed by atoms with E-state index in [0.29, 0.717) is 0 Å². The van der Waals surface area contributed by atoms with Gasteiger partial charge in [0.1, 0.15) is 9.84 Å². The lowest BCUT2D eigenvalue weighted by molar-refractivity contribution is -0.241. The fraction of sp³-hybridized carbons (Fsp3) is 1.00. The van der Waals surface area contributed by atoms with Gasteiger partial charge in [-0.2, -0.15) is 22.0 Å². The molecule has 0 bridgehead atoms. The third kappa shape index (κ3) is 4.49. The smallest absolute Gasteiger partial charge is 0.229 e. The highest BCUT2D eigenvalue weighted by atomic mass is 32.2. The van der Waals surface area contributed by atoms with Gasteiger partial charge in [0.25, 0.3) is 10.0 Å². The molecule has 0 aromatic rings. The molecule has 0 amide bonds. The summed E-state index contributed by atoms with van der Waals surface area (Å²) in [7, 11) is -8.99. The number of alkyl halides is 5. The van der Waals surface area contributed by atoms with Crippen molar-refractivity contribution in [3.05, 3.63) is 0 Å². The highest BCUT2D eigenvalue weighted by molar-refractivity contribution is 7.91. The van der Waals surface area contributed by atoms with E-state index in [2.05, 4.69) is 0 Å². The van der Waals surface area contributed by atoms with Crippen molar-refractivity contribution >= 4 is 19.9 Å². The molecule has 0 radical (unpaired) electrons. The van der Waals surface area contributed by atoms with Gasteiger partial charge >= 0.3 is 11.4 Å². The standard InChI is InChI=1S/C9H14F5NO4S2/c10-8(11,12)9(13,14)21(18,19)15-4-1-7-2-5-20(16,17)6-3-7/h7,15H,1-6H2. The molecule has 1 saturated heterocycles. The van der Waals surface area contributed by atoms with Crippen LogP contribution in [0, 0.1) is 5.92 Å². The maximum atomic E-state index is 12.7. The normalized spacial score (nSPS) is 21.4.